The quantitative estimate of drug-likeness (QED) is 0.580. The molecule has 1 amide bonds. The molecule has 0 spiro atoms. The molecule has 1 N–H and O–H groups in total. The van der Waals surface area contributed by atoms with Crippen molar-refractivity contribution in [3.8, 4) is 11.4 Å². The minimum Gasteiger partial charge on any atom is -0.347 e. The van der Waals surface area contributed by atoms with E-state index in [1.165, 1.54) is 6.07 Å². The maximum atomic E-state index is 13.7. The van der Waals surface area contributed by atoms with Crippen LogP contribution in [0.15, 0.2) is 60.8 Å². The van der Waals surface area contributed by atoms with Gasteiger partial charge in [0.25, 0.3) is 5.91 Å². The summed E-state index contributed by atoms with van der Waals surface area (Å²) in [5.41, 5.74) is 3.54. The Labute approximate surface area is 161 Å². The first-order valence-corrected chi connectivity index (χ1v) is 8.98. The highest BCUT2D eigenvalue weighted by Gasteiger charge is 2.15. The molecule has 4 rings (SSSR count). The first-order valence-electron chi connectivity index (χ1n) is 8.98. The summed E-state index contributed by atoms with van der Waals surface area (Å²) >= 11 is 0. The number of rotatable bonds is 5. The number of halogens is 1. The van der Waals surface area contributed by atoms with E-state index in [9.17, 15) is 9.18 Å². The lowest BCUT2D eigenvalue weighted by atomic mass is 10.2. The number of pyridine rings is 1. The van der Waals surface area contributed by atoms with E-state index in [0.29, 0.717) is 23.3 Å². The van der Waals surface area contributed by atoms with Gasteiger partial charge in [0.05, 0.1) is 5.69 Å². The normalized spacial score (nSPS) is 10.9. The van der Waals surface area contributed by atoms with Crippen molar-refractivity contribution >= 4 is 11.6 Å². The summed E-state index contributed by atoms with van der Waals surface area (Å²) in [4.78, 5) is 21.3. The molecule has 0 saturated heterocycles. The van der Waals surface area contributed by atoms with Crippen LogP contribution in [0.1, 0.15) is 28.7 Å². The van der Waals surface area contributed by atoms with Gasteiger partial charge in [-0.3, -0.25) is 9.78 Å². The molecule has 0 unspecified atom stereocenters. The van der Waals surface area contributed by atoms with E-state index in [1.54, 1.807) is 41.0 Å². The maximum Gasteiger partial charge on any atom is 0.270 e. The summed E-state index contributed by atoms with van der Waals surface area (Å²) in [6, 6.07) is 15.5. The van der Waals surface area contributed by atoms with Crippen LogP contribution >= 0.6 is 0 Å². The summed E-state index contributed by atoms with van der Waals surface area (Å²) in [7, 11) is 0. The number of hydrogen-bond acceptors (Lipinski definition) is 4. The number of aromatic nitrogens is 4. The van der Waals surface area contributed by atoms with Crippen molar-refractivity contribution in [1.82, 2.24) is 24.9 Å². The Kier molecular flexibility index (Phi) is 4.80. The van der Waals surface area contributed by atoms with Gasteiger partial charge in [-0.05, 0) is 30.7 Å². The van der Waals surface area contributed by atoms with Gasteiger partial charge in [0.2, 0.25) is 0 Å². The summed E-state index contributed by atoms with van der Waals surface area (Å²) < 4.78 is 15.5. The van der Waals surface area contributed by atoms with Crippen molar-refractivity contribution in [3.63, 3.8) is 0 Å². The van der Waals surface area contributed by atoms with Gasteiger partial charge in [-0.25, -0.2) is 13.9 Å². The molecule has 0 aliphatic carbocycles. The Morgan fingerprint density at radius 2 is 1.93 bits per heavy atom. The first-order chi connectivity index (χ1) is 13.7. The Hall–Kier alpha value is -3.61. The maximum absolute atomic E-state index is 13.7. The van der Waals surface area contributed by atoms with E-state index in [0.717, 1.165) is 11.4 Å². The molecule has 0 aliphatic rings. The molecule has 0 radical (unpaired) electrons. The second-order valence-corrected chi connectivity index (χ2v) is 6.27. The van der Waals surface area contributed by atoms with Crippen LogP contribution in [0.25, 0.3) is 17.0 Å². The fourth-order valence-electron chi connectivity index (χ4n) is 2.95. The molecular weight excluding hydrogens is 357 g/mol. The van der Waals surface area contributed by atoms with Gasteiger partial charge in [-0.2, -0.15) is 5.10 Å². The summed E-state index contributed by atoms with van der Waals surface area (Å²) in [5.74, 6) is -0.711. The molecular formula is C21H18FN5O. The molecule has 140 valence electrons. The van der Waals surface area contributed by atoms with Gasteiger partial charge in [0.1, 0.15) is 17.2 Å². The monoisotopic (exact) mass is 375 g/mol. The molecule has 0 bridgehead atoms. The summed E-state index contributed by atoms with van der Waals surface area (Å²) in [5, 5.41) is 7.30. The van der Waals surface area contributed by atoms with E-state index in [2.05, 4.69) is 20.4 Å². The number of fused-ring (bicyclic) bond motifs is 1. The molecule has 6 nitrogen and oxygen atoms in total. The highest BCUT2D eigenvalue weighted by molar-refractivity contribution is 5.92. The van der Waals surface area contributed by atoms with E-state index in [1.807, 2.05) is 25.1 Å². The van der Waals surface area contributed by atoms with E-state index in [4.69, 9.17) is 0 Å². The summed E-state index contributed by atoms with van der Waals surface area (Å²) in [6.45, 7) is 2.08. The molecule has 4 aromatic rings. The number of amides is 1. The molecule has 0 saturated carbocycles. The van der Waals surface area contributed by atoms with Gasteiger partial charge < -0.3 is 5.32 Å². The van der Waals surface area contributed by atoms with E-state index < -0.39 is 0 Å². The molecule has 0 fully saturated rings. The average molecular weight is 375 g/mol. The Bertz CT molecular complexity index is 1140. The largest absolute Gasteiger partial charge is 0.347 e. The smallest absolute Gasteiger partial charge is 0.270 e. The molecule has 28 heavy (non-hydrogen) atoms. The van der Waals surface area contributed by atoms with Gasteiger partial charge in [0.15, 0.2) is 5.65 Å². The standard InChI is InChI=1S/C21H18FN5O/c1-2-15-11-19(21(28)24-13-14-7-3-4-8-16(14)22)25-20-12-18(26-27(15)20)17-9-5-6-10-23-17/h3-12H,2,13H2,1H3,(H,24,28). The van der Waals surface area contributed by atoms with Crippen molar-refractivity contribution < 1.29 is 9.18 Å². The predicted molar refractivity (Wildman–Crippen MR) is 103 cm³/mol. The van der Waals surface area contributed by atoms with Gasteiger partial charge >= 0.3 is 0 Å². The molecule has 0 atom stereocenters. The molecule has 1 aromatic carbocycles. The summed E-state index contributed by atoms with van der Waals surface area (Å²) in [6.07, 6.45) is 2.38. The number of nitrogens with one attached hydrogen (secondary N) is 1. The van der Waals surface area contributed by atoms with Crippen molar-refractivity contribution in [2.24, 2.45) is 0 Å². The highest BCUT2D eigenvalue weighted by atomic mass is 19.1. The fourth-order valence-corrected chi connectivity index (χ4v) is 2.95. The van der Waals surface area contributed by atoms with Crippen LogP contribution in [0.3, 0.4) is 0 Å². The second-order valence-electron chi connectivity index (χ2n) is 6.27. The Morgan fingerprint density at radius 3 is 2.68 bits per heavy atom. The van der Waals surface area contributed by atoms with Gasteiger partial charge in [-0.15, -0.1) is 0 Å². The Balaban J connectivity index is 1.64. The van der Waals surface area contributed by atoms with Crippen molar-refractivity contribution in [2.45, 2.75) is 19.9 Å². The van der Waals surface area contributed by atoms with Gasteiger partial charge in [0, 0.05) is 30.1 Å². The second kappa shape index (κ2) is 7.56. The minimum absolute atomic E-state index is 0.0955. The van der Waals surface area contributed by atoms with Crippen LogP contribution in [-0.2, 0) is 13.0 Å². The van der Waals surface area contributed by atoms with Crippen LogP contribution in [0.2, 0.25) is 0 Å². The van der Waals surface area contributed by atoms with Crippen LogP contribution in [0.4, 0.5) is 4.39 Å². The third-order valence-electron chi connectivity index (χ3n) is 4.42. The lowest BCUT2D eigenvalue weighted by Gasteiger charge is -2.08. The topological polar surface area (TPSA) is 72.2 Å². The van der Waals surface area contributed by atoms with Crippen LogP contribution in [-0.4, -0.2) is 25.5 Å². The highest BCUT2D eigenvalue weighted by Crippen LogP contribution is 2.18. The lowest BCUT2D eigenvalue weighted by molar-refractivity contribution is 0.0945. The zero-order valence-electron chi connectivity index (χ0n) is 15.3. The van der Waals surface area contributed by atoms with Gasteiger partial charge in [-0.1, -0.05) is 31.2 Å². The molecule has 7 heteroatoms. The number of carbonyl (C=O) groups excluding carboxylic acids is 1. The molecule has 3 heterocycles. The number of carbonyl (C=O) groups is 1. The van der Waals surface area contributed by atoms with Crippen molar-refractivity contribution in [3.05, 3.63) is 83.6 Å². The fraction of sp³-hybridized carbons (Fsp3) is 0.143. The zero-order valence-corrected chi connectivity index (χ0v) is 15.3. The Morgan fingerprint density at radius 1 is 1.11 bits per heavy atom. The van der Waals surface area contributed by atoms with Crippen LogP contribution in [0.5, 0.6) is 0 Å². The van der Waals surface area contributed by atoms with E-state index >= 15 is 0 Å². The van der Waals surface area contributed by atoms with Crippen molar-refractivity contribution in [1.29, 1.82) is 0 Å². The van der Waals surface area contributed by atoms with E-state index in [-0.39, 0.29) is 24.0 Å². The van der Waals surface area contributed by atoms with Crippen LogP contribution in [0, 0.1) is 5.82 Å². The lowest BCUT2D eigenvalue weighted by Crippen LogP contribution is -2.25. The molecule has 0 aliphatic heterocycles. The number of hydrogen-bond donors (Lipinski definition) is 1. The number of benzene rings is 1. The number of aryl methyl sites for hydroxylation is 1. The predicted octanol–water partition coefficient (Wildman–Crippen LogP) is 3.42. The average Bonchev–Trinajstić information content (AvgIpc) is 3.17. The van der Waals surface area contributed by atoms with Crippen molar-refractivity contribution in [2.75, 3.05) is 0 Å². The first kappa shape index (κ1) is 17.8. The van der Waals surface area contributed by atoms with Crippen LogP contribution < -0.4 is 5.32 Å². The molecule has 3 aromatic heterocycles. The third-order valence-corrected chi connectivity index (χ3v) is 4.42. The number of nitrogens with zero attached hydrogens (tertiary/aromatic N) is 4. The SMILES string of the molecule is CCc1cc(C(=O)NCc2ccccc2F)nc2cc(-c3ccccn3)nn12. The third kappa shape index (κ3) is 3.46. The minimum atomic E-state index is -0.360. The zero-order chi connectivity index (χ0) is 19.5.